The Labute approximate surface area is 281 Å². The number of benzene rings is 2. The van der Waals surface area contributed by atoms with E-state index in [4.69, 9.17) is 24.0 Å². The molecule has 5 rings (SSSR count). The maximum absolute atomic E-state index is 15.1. The number of aromatic nitrogens is 5. The summed E-state index contributed by atoms with van der Waals surface area (Å²) in [7, 11) is -1.87. The van der Waals surface area contributed by atoms with Gasteiger partial charge in [0, 0.05) is 53.7 Å². The van der Waals surface area contributed by atoms with E-state index >= 15 is 8.78 Å². The highest BCUT2D eigenvalue weighted by Crippen LogP contribution is 2.37. The molecule has 0 saturated carbocycles. The number of halogens is 2. The summed E-state index contributed by atoms with van der Waals surface area (Å²) in [6, 6.07) is 11.8. The standard InChI is InChI=1S/C36H44F2N6O3Si/c1-9-45-25-18-28(37)27(29(38)19-25)22-44-31-14-11-10-13-26(31)33(43-44)35-40-21-32(46-15-12-16-47-48(7,8)36(4,5)6)34(42-35)41-30-17-24(3)39-20-23(30)2/h10-11,13-14,17-21H,9,12,15-16,22H2,1-8H3,(H,39,40,41,42). The van der Waals surface area contributed by atoms with Crippen molar-refractivity contribution in [3.8, 4) is 23.0 Å². The van der Waals surface area contributed by atoms with E-state index in [1.54, 1.807) is 24.0 Å². The van der Waals surface area contributed by atoms with Crippen LogP contribution >= 0.6 is 0 Å². The summed E-state index contributed by atoms with van der Waals surface area (Å²) >= 11 is 0. The molecule has 48 heavy (non-hydrogen) atoms. The van der Waals surface area contributed by atoms with E-state index in [2.05, 4.69) is 49.1 Å². The molecule has 9 nitrogen and oxygen atoms in total. The number of fused-ring (bicyclic) bond motifs is 1. The molecule has 1 N–H and O–H groups in total. The van der Waals surface area contributed by atoms with Crippen molar-refractivity contribution in [2.24, 2.45) is 0 Å². The van der Waals surface area contributed by atoms with Gasteiger partial charge in [-0.3, -0.25) is 9.67 Å². The molecule has 3 aromatic heterocycles. The molecule has 0 amide bonds. The normalized spacial score (nSPS) is 12.0. The van der Waals surface area contributed by atoms with Gasteiger partial charge in [-0.25, -0.2) is 18.7 Å². The zero-order chi connectivity index (χ0) is 34.6. The van der Waals surface area contributed by atoms with Crippen LogP contribution in [0.25, 0.3) is 22.4 Å². The lowest BCUT2D eigenvalue weighted by Crippen LogP contribution is -2.41. The van der Waals surface area contributed by atoms with Crippen LogP contribution in [0.2, 0.25) is 18.1 Å². The van der Waals surface area contributed by atoms with Gasteiger partial charge in [0.1, 0.15) is 23.1 Å². The van der Waals surface area contributed by atoms with Crippen molar-refractivity contribution in [2.45, 2.75) is 72.6 Å². The van der Waals surface area contributed by atoms with Crippen LogP contribution in [-0.2, 0) is 11.0 Å². The van der Waals surface area contributed by atoms with Gasteiger partial charge in [0.05, 0.1) is 31.5 Å². The zero-order valence-corrected chi connectivity index (χ0v) is 29.9. The summed E-state index contributed by atoms with van der Waals surface area (Å²) in [6.07, 6.45) is 4.13. The van der Waals surface area contributed by atoms with E-state index in [-0.39, 0.29) is 22.9 Å². The second kappa shape index (κ2) is 14.4. The highest BCUT2D eigenvalue weighted by molar-refractivity contribution is 6.74. The van der Waals surface area contributed by atoms with Gasteiger partial charge in [0.15, 0.2) is 25.7 Å². The summed E-state index contributed by atoms with van der Waals surface area (Å²) in [5.41, 5.74) is 3.64. The Hall–Kier alpha value is -4.42. The molecule has 0 spiro atoms. The number of pyridine rings is 1. The quantitative estimate of drug-likeness (QED) is 0.0979. The third kappa shape index (κ3) is 7.82. The lowest BCUT2D eigenvalue weighted by Gasteiger charge is -2.36. The molecular weight excluding hydrogens is 631 g/mol. The van der Waals surface area contributed by atoms with E-state index < -0.39 is 20.0 Å². The third-order valence-electron chi connectivity index (χ3n) is 8.67. The average molecular weight is 675 g/mol. The Bertz CT molecular complexity index is 1880. The van der Waals surface area contributed by atoms with Crippen LogP contribution in [0.15, 0.2) is 54.9 Å². The fourth-order valence-corrected chi connectivity index (χ4v) is 5.99. The number of ether oxygens (including phenoxy) is 2. The van der Waals surface area contributed by atoms with Crippen molar-refractivity contribution in [3.63, 3.8) is 0 Å². The van der Waals surface area contributed by atoms with E-state index in [0.29, 0.717) is 54.8 Å². The molecule has 0 saturated heterocycles. The van der Waals surface area contributed by atoms with Gasteiger partial charge in [-0.15, -0.1) is 0 Å². The van der Waals surface area contributed by atoms with Gasteiger partial charge < -0.3 is 19.2 Å². The molecule has 0 unspecified atom stereocenters. The Kier molecular flexibility index (Phi) is 10.4. The third-order valence-corrected chi connectivity index (χ3v) is 13.2. The summed E-state index contributed by atoms with van der Waals surface area (Å²) in [5, 5.41) is 9.05. The first-order valence-electron chi connectivity index (χ1n) is 16.2. The molecule has 5 aromatic rings. The second-order valence-corrected chi connectivity index (χ2v) is 18.1. The van der Waals surface area contributed by atoms with Crippen molar-refractivity contribution in [1.29, 1.82) is 0 Å². The van der Waals surface area contributed by atoms with Crippen LogP contribution in [0, 0.1) is 25.5 Å². The highest BCUT2D eigenvalue weighted by Gasteiger charge is 2.36. The van der Waals surface area contributed by atoms with Crippen LogP contribution in [0.3, 0.4) is 0 Å². The average Bonchev–Trinajstić information content (AvgIpc) is 3.39. The number of para-hydroxylation sites is 1. The molecule has 0 atom stereocenters. The number of anilines is 2. The fraction of sp³-hybridized carbons (Fsp3) is 0.389. The molecule has 0 radical (unpaired) electrons. The monoisotopic (exact) mass is 674 g/mol. The van der Waals surface area contributed by atoms with Gasteiger partial charge in [-0.2, -0.15) is 5.10 Å². The second-order valence-electron chi connectivity index (χ2n) is 13.3. The minimum absolute atomic E-state index is 0.119. The van der Waals surface area contributed by atoms with E-state index in [1.165, 1.54) is 12.1 Å². The van der Waals surface area contributed by atoms with Gasteiger partial charge in [0.2, 0.25) is 0 Å². The minimum Gasteiger partial charge on any atom is -0.494 e. The topological polar surface area (TPSA) is 96.2 Å². The Morgan fingerprint density at radius 3 is 2.38 bits per heavy atom. The molecule has 0 aliphatic heterocycles. The highest BCUT2D eigenvalue weighted by atomic mass is 28.4. The smallest absolute Gasteiger partial charge is 0.191 e. The fourth-order valence-electron chi connectivity index (χ4n) is 4.90. The summed E-state index contributed by atoms with van der Waals surface area (Å²) < 4.78 is 49.5. The largest absolute Gasteiger partial charge is 0.494 e. The molecule has 0 aliphatic rings. The molecule has 3 heterocycles. The van der Waals surface area contributed by atoms with E-state index in [1.807, 2.05) is 44.2 Å². The van der Waals surface area contributed by atoms with Crippen molar-refractivity contribution in [3.05, 3.63) is 83.3 Å². The molecule has 0 fully saturated rings. The summed E-state index contributed by atoms with van der Waals surface area (Å²) in [4.78, 5) is 13.9. The number of hydrogen-bond acceptors (Lipinski definition) is 8. The van der Waals surface area contributed by atoms with Crippen molar-refractivity contribution in [2.75, 3.05) is 25.1 Å². The lowest BCUT2D eigenvalue weighted by atomic mass is 10.1. The molecule has 12 heteroatoms. The Balaban J connectivity index is 1.47. The summed E-state index contributed by atoms with van der Waals surface area (Å²) in [6.45, 7) is 17.9. The molecule has 254 valence electrons. The summed E-state index contributed by atoms with van der Waals surface area (Å²) in [5.74, 6) is -0.00979. The first-order chi connectivity index (χ1) is 22.8. The van der Waals surface area contributed by atoms with Crippen molar-refractivity contribution in [1.82, 2.24) is 24.7 Å². The number of hydrogen-bond donors (Lipinski definition) is 1. The number of rotatable bonds is 13. The Morgan fingerprint density at radius 1 is 0.938 bits per heavy atom. The number of nitrogens with zero attached hydrogens (tertiary/aromatic N) is 5. The van der Waals surface area contributed by atoms with E-state index in [0.717, 1.165) is 22.3 Å². The molecular formula is C36H44F2N6O3Si. The number of aryl methyl sites for hydroxylation is 2. The zero-order valence-electron chi connectivity index (χ0n) is 28.9. The number of nitrogens with one attached hydrogen (secondary N) is 1. The first-order valence-corrected chi connectivity index (χ1v) is 19.1. The van der Waals surface area contributed by atoms with Gasteiger partial charge in [-0.1, -0.05) is 39.0 Å². The predicted octanol–water partition coefficient (Wildman–Crippen LogP) is 8.76. The van der Waals surface area contributed by atoms with Crippen molar-refractivity contribution < 1.29 is 22.7 Å². The maximum Gasteiger partial charge on any atom is 0.191 e. The van der Waals surface area contributed by atoms with Gasteiger partial charge in [-0.05, 0) is 56.6 Å². The SMILES string of the molecule is CCOc1cc(F)c(Cn2nc(-c3ncc(OCCCO[Si](C)(C)C(C)(C)C)c(Nc4cc(C)ncc4C)n3)c3ccccc32)c(F)c1. The predicted molar refractivity (Wildman–Crippen MR) is 188 cm³/mol. The maximum atomic E-state index is 15.1. The minimum atomic E-state index is -1.87. The van der Waals surface area contributed by atoms with Crippen molar-refractivity contribution >= 4 is 30.7 Å². The molecule has 2 aromatic carbocycles. The van der Waals surface area contributed by atoms with Crippen LogP contribution in [-0.4, -0.2) is 52.9 Å². The van der Waals surface area contributed by atoms with Gasteiger partial charge in [0.25, 0.3) is 0 Å². The Morgan fingerprint density at radius 2 is 1.67 bits per heavy atom. The van der Waals surface area contributed by atoms with Crippen LogP contribution in [0.4, 0.5) is 20.3 Å². The van der Waals surface area contributed by atoms with Crippen LogP contribution in [0.5, 0.6) is 11.5 Å². The van der Waals surface area contributed by atoms with E-state index in [9.17, 15) is 0 Å². The molecule has 0 bridgehead atoms. The molecule has 0 aliphatic carbocycles. The van der Waals surface area contributed by atoms with Gasteiger partial charge >= 0.3 is 0 Å². The van der Waals surface area contributed by atoms with Crippen LogP contribution < -0.4 is 14.8 Å². The lowest BCUT2D eigenvalue weighted by molar-refractivity contribution is 0.233. The first kappa shape index (κ1) is 34.9. The van der Waals surface area contributed by atoms with Crippen LogP contribution in [0.1, 0.15) is 50.9 Å².